The van der Waals surface area contributed by atoms with E-state index in [0.717, 1.165) is 22.8 Å². The van der Waals surface area contributed by atoms with Crippen LogP contribution >= 0.6 is 23.4 Å². The molecule has 0 aliphatic carbocycles. The van der Waals surface area contributed by atoms with Crippen LogP contribution in [0.2, 0.25) is 5.02 Å². The minimum atomic E-state index is 0.111. The van der Waals surface area contributed by atoms with E-state index in [-0.39, 0.29) is 5.12 Å². The van der Waals surface area contributed by atoms with E-state index in [2.05, 4.69) is 25.2 Å². The lowest BCUT2D eigenvalue weighted by atomic mass is 10.0. The molecule has 1 aliphatic heterocycles. The normalized spacial score (nSPS) is 15.1. The van der Waals surface area contributed by atoms with Crippen LogP contribution in [0, 0.1) is 5.92 Å². The Morgan fingerprint density at radius 2 is 2.22 bits per heavy atom. The molecule has 1 aromatic rings. The van der Waals surface area contributed by atoms with Crippen LogP contribution in [0.4, 0.5) is 5.69 Å². The summed E-state index contributed by atoms with van der Waals surface area (Å²) in [5.74, 6) is 1.30. The summed E-state index contributed by atoms with van der Waals surface area (Å²) in [5, 5.41) is 4.12. The minimum absolute atomic E-state index is 0.111. The molecule has 0 radical (unpaired) electrons. The lowest BCUT2D eigenvalue weighted by molar-refractivity contribution is -0.106. The molecule has 0 amide bonds. The lowest BCUT2D eigenvalue weighted by Crippen LogP contribution is -2.00. The van der Waals surface area contributed by atoms with Crippen molar-refractivity contribution in [3.05, 3.63) is 40.6 Å². The first-order valence-corrected chi connectivity index (χ1v) is 7.33. The van der Waals surface area contributed by atoms with Crippen LogP contribution in [0.15, 0.2) is 30.0 Å². The van der Waals surface area contributed by atoms with E-state index in [9.17, 15) is 4.79 Å². The van der Waals surface area contributed by atoms with Gasteiger partial charge >= 0.3 is 0 Å². The molecule has 1 aliphatic rings. The molecule has 18 heavy (non-hydrogen) atoms. The van der Waals surface area contributed by atoms with E-state index in [0.29, 0.717) is 11.7 Å². The second kappa shape index (κ2) is 5.81. The number of hydrogen-bond acceptors (Lipinski definition) is 3. The van der Waals surface area contributed by atoms with Crippen molar-refractivity contribution in [3.63, 3.8) is 0 Å². The zero-order chi connectivity index (χ0) is 13.1. The van der Waals surface area contributed by atoms with Gasteiger partial charge in [-0.05, 0) is 30.0 Å². The SMILES string of the molecule is CC(C)Cc1ccc(NC2=CC(=O)SC2)cc1Cl. The van der Waals surface area contributed by atoms with Crippen molar-refractivity contribution in [1.82, 2.24) is 0 Å². The van der Waals surface area contributed by atoms with Crippen LogP contribution in [0.3, 0.4) is 0 Å². The number of hydrogen-bond donors (Lipinski definition) is 1. The third kappa shape index (κ3) is 3.53. The smallest absolute Gasteiger partial charge is 0.214 e. The topological polar surface area (TPSA) is 29.1 Å². The molecule has 1 aromatic carbocycles. The van der Waals surface area contributed by atoms with Crippen LogP contribution in [-0.4, -0.2) is 10.9 Å². The fourth-order valence-electron chi connectivity index (χ4n) is 1.86. The van der Waals surface area contributed by atoms with Gasteiger partial charge in [0.25, 0.3) is 0 Å². The molecule has 2 nitrogen and oxygen atoms in total. The molecule has 0 saturated carbocycles. The van der Waals surface area contributed by atoms with Crippen LogP contribution in [-0.2, 0) is 11.2 Å². The molecule has 96 valence electrons. The Morgan fingerprint density at radius 1 is 1.44 bits per heavy atom. The van der Waals surface area contributed by atoms with Crippen molar-refractivity contribution in [2.24, 2.45) is 5.92 Å². The molecule has 0 saturated heterocycles. The van der Waals surface area contributed by atoms with Crippen LogP contribution in [0.5, 0.6) is 0 Å². The van der Waals surface area contributed by atoms with Crippen molar-refractivity contribution in [3.8, 4) is 0 Å². The van der Waals surface area contributed by atoms with Gasteiger partial charge in [0.05, 0.1) is 0 Å². The Labute approximate surface area is 117 Å². The molecule has 0 fully saturated rings. The second-order valence-electron chi connectivity index (χ2n) is 4.81. The first-order chi connectivity index (χ1) is 8.54. The zero-order valence-electron chi connectivity index (χ0n) is 10.5. The molecule has 1 heterocycles. The Bertz CT molecular complexity index is 497. The predicted octanol–water partition coefficient (Wildman–Crippen LogP) is 4.11. The molecule has 0 unspecified atom stereocenters. The summed E-state index contributed by atoms with van der Waals surface area (Å²) in [6, 6.07) is 5.99. The zero-order valence-corrected chi connectivity index (χ0v) is 12.1. The van der Waals surface area contributed by atoms with Gasteiger partial charge in [0.2, 0.25) is 5.12 Å². The van der Waals surface area contributed by atoms with Gasteiger partial charge in [-0.2, -0.15) is 0 Å². The maximum Gasteiger partial charge on any atom is 0.214 e. The molecule has 0 atom stereocenters. The third-order valence-corrected chi connectivity index (χ3v) is 3.86. The molecule has 0 spiro atoms. The summed E-state index contributed by atoms with van der Waals surface area (Å²) >= 11 is 7.57. The van der Waals surface area contributed by atoms with E-state index >= 15 is 0 Å². The molecule has 2 rings (SSSR count). The highest BCUT2D eigenvalue weighted by Gasteiger charge is 2.13. The van der Waals surface area contributed by atoms with Crippen molar-refractivity contribution in [2.75, 3.05) is 11.1 Å². The summed E-state index contributed by atoms with van der Waals surface area (Å²) in [4.78, 5) is 11.1. The first-order valence-electron chi connectivity index (χ1n) is 5.97. The fourth-order valence-corrected chi connectivity index (χ4v) is 2.80. The number of benzene rings is 1. The average Bonchev–Trinajstić information content (AvgIpc) is 2.68. The van der Waals surface area contributed by atoms with Crippen molar-refractivity contribution >= 4 is 34.2 Å². The van der Waals surface area contributed by atoms with Crippen molar-refractivity contribution < 1.29 is 4.79 Å². The number of rotatable bonds is 4. The fraction of sp³-hybridized carbons (Fsp3) is 0.357. The quantitative estimate of drug-likeness (QED) is 0.901. The molecule has 0 aromatic heterocycles. The van der Waals surface area contributed by atoms with E-state index in [1.165, 1.54) is 17.3 Å². The van der Waals surface area contributed by atoms with Gasteiger partial charge in [0.1, 0.15) is 0 Å². The van der Waals surface area contributed by atoms with Crippen molar-refractivity contribution in [1.29, 1.82) is 0 Å². The summed E-state index contributed by atoms with van der Waals surface area (Å²) < 4.78 is 0. The van der Waals surface area contributed by atoms with Gasteiger partial charge in [0.15, 0.2) is 0 Å². The summed E-state index contributed by atoms with van der Waals surface area (Å²) in [7, 11) is 0. The number of halogens is 1. The third-order valence-electron chi connectivity index (χ3n) is 2.65. The standard InChI is InChI=1S/C14H16ClNOS/c1-9(2)5-10-3-4-11(6-13(10)15)16-12-7-14(17)18-8-12/h3-4,6-7,9,16H,5,8H2,1-2H3. The Morgan fingerprint density at radius 3 is 2.78 bits per heavy atom. The second-order valence-corrected chi connectivity index (χ2v) is 6.19. The molecule has 1 N–H and O–H groups in total. The van der Waals surface area contributed by atoms with Crippen LogP contribution < -0.4 is 5.32 Å². The monoisotopic (exact) mass is 281 g/mol. The summed E-state index contributed by atoms with van der Waals surface area (Å²) in [5.41, 5.74) is 3.05. The maximum atomic E-state index is 11.1. The minimum Gasteiger partial charge on any atom is -0.358 e. The van der Waals surface area contributed by atoms with E-state index in [1.54, 1.807) is 6.08 Å². The Kier molecular flexibility index (Phi) is 4.36. The van der Waals surface area contributed by atoms with Crippen LogP contribution in [0.1, 0.15) is 19.4 Å². The van der Waals surface area contributed by atoms with E-state index in [1.807, 2.05) is 12.1 Å². The highest BCUT2D eigenvalue weighted by atomic mass is 35.5. The number of carbonyl (C=O) groups excluding carboxylic acids is 1. The molecule has 0 bridgehead atoms. The van der Waals surface area contributed by atoms with Gasteiger partial charge in [-0.15, -0.1) is 0 Å². The summed E-state index contributed by atoms with van der Waals surface area (Å²) in [6.45, 7) is 4.35. The van der Waals surface area contributed by atoms with Gasteiger partial charge < -0.3 is 5.32 Å². The molecular weight excluding hydrogens is 266 g/mol. The van der Waals surface area contributed by atoms with Gasteiger partial charge in [-0.25, -0.2) is 0 Å². The average molecular weight is 282 g/mol. The lowest BCUT2D eigenvalue weighted by Gasteiger charge is -2.11. The Hall–Kier alpha value is -0.930. The number of thioether (sulfide) groups is 1. The highest BCUT2D eigenvalue weighted by molar-refractivity contribution is 8.14. The van der Waals surface area contributed by atoms with E-state index in [4.69, 9.17) is 11.6 Å². The largest absolute Gasteiger partial charge is 0.358 e. The summed E-state index contributed by atoms with van der Waals surface area (Å²) in [6.07, 6.45) is 2.62. The van der Waals surface area contributed by atoms with Gasteiger partial charge in [-0.1, -0.05) is 43.3 Å². The predicted molar refractivity (Wildman–Crippen MR) is 79.2 cm³/mol. The van der Waals surface area contributed by atoms with E-state index < -0.39 is 0 Å². The first kappa shape index (κ1) is 13.5. The van der Waals surface area contributed by atoms with Gasteiger partial charge in [0, 0.05) is 28.2 Å². The number of carbonyl (C=O) groups is 1. The highest BCUT2D eigenvalue weighted by Crippen LogP contribution is 2.26. The van der Waals surface area contributed by atoms with Crippen LogP contribution in [0.25, 0.3) is 0 Å². The van der Waals surface area contributed by atoms with Crippen molar-refractivity contribution in [2.45, 2.75) is 20.3 Å². The number of nitrogens with one attached hydrogen (secondary N) is 1. The van der Waals surface area contributed by atoms with Gasteiger partial charge in [-0.3, -0.25) is 4.79 Å². The molecular formula is C14H16ClNOS. The molecule has 4 heteroatoms. The maximum absolute atomic E-state index is 11.1. The Balaban J connectivity index is 2.09. The number of anilines is 1.